The number of nitrogens with zero attached hydrogens (tertiary/aromatic N) is 2. The van der Waals surface area contributed by atoms with Crippen LogP contribution in [-0.2, 0) is 11.3 Å². The third kappa shape index (κ3) is 5.39. The van der Waals surface area contributed by atoms with E-state index in [1.165, 1.54) is 20.4 Å². The maximum absolute atomic E-state index is 12.6. The van der Waals surface area contributed by atoms with Gasteiger partial charge in [-0.25, -0.2) is 15.3 Å². The second kappa shape index (κ2) is 11.0. The number of amides is 1. The number of benzene rings is 3. The molecule has 182 valence electrons. The van der Waals surface area contributed by atoms with Crippen LogP contribution < -0.4 is 20.5 Å². The number of carbonyl (C=O) groups is 2. The number of aromatic nitrogens is 2. The molecule has 1 amide bonds. The molecule has 36 heavy (non-hydrogen) atoms. The quantitative estimate of drug-likeness (QED) is 0.222. The lowest BCUT2D eigenvalue weighted by Gasteiger charge is -2.11. The van der Waals surface area contributed by atoms with Gasteiger partial charge in [0.05, 0.1) is 31.4 Å². The molecule has 0 saturated carbocycles. The van der Waals surface area contributed by atoms with Gasteiger partial charge in [-0.15, -0.1) is 0 Å². The molecule has 0 aliphatic carbocycles. The Kier molecular flexibility index (Phi) is 7.35. The highest BCUT2D eigenvalue weighted by atomic mass is 16.5. The van der Waals surface area contributed by atoms with Crippen LogP contribution >= 0.6 is 0 Å². The number of carbonyl (C=O) groups excluding carboxylic acids is 2. The van der Waals surface area contributed by atoms with Crippen molar-refractivity contribution in [2.24, 2.45) is 5.10 Å². The molecule has 10 nitrogen and oxygen atoms in total. The molecule has 2 N–H and O–H groups in total. The first-order valence-electron chi connectivity index (χ1n) is 10.8. The Hall–Kier alpha value is -4.99. The van der Waals surface area contributed by atoms with Crippen molar-refractivity contribution in [3.8, 4) is 11.5 Å². The number of ether oxygens (including phenoxy) is 3. The zero-order valence-corrected chi connectivity index (χ0v) is 19.5. The fourth-order valence-electron chi connectivity index (χ4n) is 3.41. The normalized spacial score (nSPS) is 10.8. The van der Waals surface area contributed by atoms with Crippen molar-refractivity contribution in [2.45, 2.75) is 6.61 Å². The highest BCUT2D eigenvalue weighted by molar-refractivity contribution is 6.04. The van der Waals surface area contributed by atoms with Crippen molar-refractivity contribution < 1.29 is 23.8 Å². The van der Waals surface area contributed by atoms with Crippen LogP contribution in [0.15, 0.2) is 76.6 Å². The largest absolute Gasteiger partial charge is 0.493 e. The molecule has 0 unspecified atom stereocenters. The zero-order chi connectivity index (χ0) is 25.5. The summed E-state index contributed by atoms with van der Waals surface area (Å²) in [5.74, 6) is 0.0223. The second-order valence-electron chi connectivity index (χ2n) is 7.53. The van der Waals surface area contributed by atoms with E-state index in [1.54, 1.807) is 66.7 Å². The topological polar surface area (TPSA) is 132 Å². The maximum atomic E-state index is 12.6. The van der Waals surface area contributed by atoms with Gasteiger partial charge >= 0.3 is 5.97 Å². The van der Waals surface area contributed by atoms with E-state index in [-0.39, 0.29) is 17.9 Å². The van der Waals surface area contributed by atoms with Crippen molar-refractivity contribution in [1.82, 2.24) is 15.6 Å². The Morgan fingerprint density at radius 2 is 1.75 bits per heavy atom. The Morgan fingerprint density at radius 3 is 2.47 bits per heavy atom. The third-order valence-electron chi connectivity index (χ3n) is 5.25. The highest BCUT2D eigenvalue weighted by Gasteiger charge is 2.13. The number of esters is 1. The molecule has 0 spiro atoms. The lowest BCUT2D eigenvalue weighted by atomic mass is 10.1. The van der Waals surface area contributed by atoms with E-state index in [9.17, 15) is 14.4 Å². The molecule has 0 atom stereocenters. The van der Waals surface area contributed by atoms with E-state index < -0.39 is 11.9 Å². The molecule has 3 aromatic carbocycles. The summed E-state index contributed by atoms with van der Waals surface area (Å²) in [5.41, 5.74) is 4.07. The fourth-order valence-corrected chi connectivity index (χ4v) is 3.41. The molecule has 10 heteroatoms. The van der Waals surface area contributed by atoms with Gasteiger partial charge < -0.3 is 14.2 Å². The first-order chi connectivity index (χ1) is 17.5. The summed E-state index contributed by atoms with van der Waals surface area (Å²) in [6, 6.07) is 18.8. The van der Waals surface area contributed by atoms with Crippen molar-refractivity contribution in [2.75, 3.05) is 14.2 Å². The predicted octanol–water partition coefficient (Wildman–Crippen LogP) is 3.06. The van der Waals surface area contributed by atoms with Crippen molar-refractivity contribution in [3.63, 3.8) is 0 Å². The van der Waals surface area contributed by atoms with E-state index in [1.807, 2.05) is 0 Å². The molecule has 0 fully saturated rings. The summed E-state index contributed by atoms with van der Waals surface area (Å²) in [6.45, 7) is 0.265. The van der Waals surface area contributed by atoms with Gasteiger partial charge in [-0.2, -0.15) is 10.2 Å². The van der Waals surface area contributed by atoms with Crippen molar-refractivity contribution in [3.05, 3.63) is 99.5 Å². The standard InChI is InChI=1S/C26H22N4O6/c1-34-22-13-17(9-12-21(22)36-15-16-7-10-18(11-8-16)26(33)35-2)14-27-29-25(32)23-19-5-3-4-6-20(19)24(31)30-28-23/h3-14H,15H2,1-2H3,(H,29,32)(H,30,31)/b27-14+. The monoisotopic (exact) mass is 486 g/mol. The minimum Gasteiger partial charge on any atom is -0.493 e. The summed E-state index contributed by atoms with van der Waals surface area (Å²) in [7, 11) is 2.85. The molecular weight excluding hydrogens is 464 g/mol. The van der Waals surface area contributed by atoms with Crippen molar-refractivity contribution >= 4 is 28.9 Å². The van der Waals surface area contributed by atoms with E-state index in [4.69, 9.17) is 14.2 Å². The Bertz CT molecular complexity index is 1490. The summed E-state index contributed by atoms with van der Waals surface area (Å²) in [4.78, 5) is 36.0. The van der Waals surface area contributed by atoms with Gasteiger partial charge in [-0.3, -0.25) is 9.59 Å². The van der Waals surface area contributed by atoms with E-state index in [2.05, 4.69) is 20.7 Å². The number of methoxy groups -OCH3 is 2. The summed E-state index contributed by atoms with van der Waals surface area (Å²) < 4.78 is 16.0. The lowest BCUT2D eigenvalue weighted by Crippen LogP contribution is -2.22. The minimum atomic E-state index is -0.566. The smallest absolute Gasteiger partial charge is 0.337 e. The van der Waals surface area contributed by atoms with Crippen molar-refractivity contribution in [1.29, 1.82) is 0 Å². The Morgan fingerprint density at radius 1 is 1.00 bits per heavy atom. The first-order valence-corrected chi connectivity index (χ1v) is 10.8. The minimum absolute atomic E-state index is 0.0586. The average Bonchev–Trinajstić information content (AvgIpc) is 2.92. The molecule has 4 rings (SSSR count). The summed E-state index contributed by atoms with van der Waals surface area (Å²) >= 11 is 0. The summed E-state index contributed by atoms with van der Waals surface area (Å²) in [6.07, 6.45) is 1.45. The fraction of sp³-hybridized carbons (Fsp3) is 0.115. The van der Waals surface area contributed by atoms with E-state index >= 15 is 0 Å². The van der Waals surface area contributed by atoms with Crippen LogP contribution in [0.4, 0.5) is 0 Å². The number of hydrogen-bond acceptors (Lipinski definition) is 8. The molecule has 0 aliphatic heterocycles. The number of aromatic amines is 1. The van der Waals surface area contributed by atoms with Gasteiger partial charge in [-0.1, -0.05) is 30.3 Å². The Balaban J connectivity index is 1.41. The Labute approximate surface area is 205 Å². The van der Waals surface area contributed by atoms with Crippen LogP contribution in [0, 0.1) is 0 Å². The van der Waals surface area contributed by atoms with Gasteiger partial charge in [0.15, 0.2) is 17.2 Å². The van der Waals surface area contributed by atoms with Crippen LogP contribution in [0.2, 0.25) is 0 Å². The molecule has 0 aliphatic rings. The van der Waals surface area contributed by atoms with Crippen LogP contribution in [-0.4, -0.2) is 42.5 Å². The van der Waals surface area contributed by atoms with Crippen LogP contribution in [0.1, 0.15) is 32.0 Å². The number of fused-ring (bicyclic) bond motifs is 1. The lowest BCUT2D eigenvalue weighted by molar-refractivity contribution is 0.0600. The number of rotatable bonds is 8. The van der Waals surface area contributed by atoms with Crippen LogP contribution in [0.5, 0.6) is 11.5 Å². The van der Waals surface area contributed by atoms with E-state index in [0.717, 1.165) is 5.56 Å². The van der Waals surface area contributed by atoms with E-state index in [0.29, 0.717) is 33.4 Å². The summed E-state index contributed by atoms with van der Waals surface area (Å²) in [5, 5.41) is 10.9. The molecule has 0 radical (unpaired) electrons. The first kappa shape index (κ1) is 24.1. The number of nitrogens with one attached hydrogen (secondary N) is 2. The number of hydrogen-bond donors (Lipinski definition) is 2. The molecule has 0 bridgehead atoms. The van der Waals surface area contributed by atoms with Crippen LogP contribution in [0.25, 0.3) is 10.8 Å². The number of hydrazone groups is 1. The SMILES string of the molecule is COC(=O)c1ccc(COc2ccc(/C=N/NC(=O)c3n[nH]c(=O)c4ccccc34)cc2OC)cc1. The van der Waals surface area contributed by atoms with Gasteiger partial charge in [0.25, 0.3) is 11.5 Å². The molecule has 4 aromatic rings. The van der Waals surface area contributed by atoms with Crippen LogP contribution in [0.3, 0.4) is 0 Å². The molecule has 0 saturated heterocycles. The second-order valence-corrected chi connectivity index (χ2v) is 7.53. The third-order valence-corrected chi connectivity index (χ3v) is 5.25. The van der Waals surface area contributed by atoms with Gasteiger partial charge in [-0.05, 0) is 47.5 Å². The van der Waals surface area contributed by atoms with Gasteiger partial charge in [0.2, 0.25) is 0 Å². The van der Waals surface area contributed by atoms with Gasteiger partial charge in [0, 0.05) is 5.39 Å². The van der Waals surface area contributed by atoms with Gasteiger partial charge in [0.1, 0.15) is 6.61 Å². The maximum Gasteiger partial charge on any atom is 0.337 e. The average molecular weight is 486 g/mol. The number of H-pyrrole nitrogens is 1. The zero-order valence-electron chi connectivity index (χ0n) is 19.5. The molecular formula is C26H22N4O6. The highest BCUT2D eigenvalue weighted by Crippen LogP contribution is 2.28. The molecule has 1 heterocycles. The molecule has 1 aromatic heterocycles. The predicted molar refractivity (Wildman–Crippen MR) is 133 cm³/mol.